The summed E-state index contributed by atoms with van der Waals surface area (Å²) in [5.74, 6) is 0. The highest BCUT2D eigenvalue weighted by molar-refractivity contribution is 9.09. The normalized spacial score (nSPS) is 13.0. The molecule has 0 aliphatic rings. The maximum atomic E-state index is 3.48. The summed E-state index contributed by atoms with van der Waals surface area (Å²) in [6.45, 7) is 2.25. The van der Waals surface area contributed by atoms with Gasteiger partial charge in [0.2, 0.25) is 0 Å². The lowest BCUT2D eigenvalue weighted by Crippen LogP contribution is -3.00. The number of rotatable bonds is 3. The van der Waals surface area contributed by atoms with Crippen molar-refractivity contribution in [2.45, 2.75) is 18.6 Å². The average molecular weight is 278 g/mol. The summed E-state index contributed by atoms with van der Waals surface area (Å²) in [5, 5.41) is 2.06. The number of hydrogen-bond acceptors (Lipinski definition) is 0. The Labute approximate surface area is 80.0 Å². The lowest BCUT2D eigenvalue weighted by Gasteiger charge is -2.05. The van der Waals surface area contributed by atoms with Gasteiger partial charge in [0.15, 0.2) is 0 Å². The van der Waals surface area contributed by atoms with Gasteiger partial charge in [-0.05, 0) is 17.3 Å². The van der Waals surface area contributed by atoms with Crippen LogP contribution in [0.15, 0.2) is 0 Å². The van der Waals surface area contributed by atoms with Crippen LogP contribution in [-0.4, -0.2) is 23.1 Å². The molecule has 0 spiro atoms. The third-order valence-electron chi connectivity index (χ3n) is 1.29. The smallest absolute Gasteiger partial charge is 0.127 e. The second-order valence-corrected chi connectivity index (χ2v) is 5.14. The van der Waals surface area contributed by atoms with Crippen molar-refractivity contribution < 1.29 is 17.0 Å². The largest absolute Gasteiger partial charge is 1.00 e. The van der Waals surface area contributed by atoms with E-state index in [9.17, 15) is 0 Å². The van der Waals surface area contributed by atoms with E-state index in [1.165, 1.54) is 11.8 Å². The third-order valence-corrected chi connectivity index (χ3v) is 4.34. The van der Waals surface area contributed by atoms with Crippen LogP contribution in [0.3, 0.4) is 0 Å². The molecule has 0 radical (unpaired) electrons. The molecule has 0 aromatic carbocycles. The zero-order valence-electron chi connectivity index (χ0n) is 6.16. The molecule has 0 N–H and O–H groups in total. The van der Waals surface area contributed by atoms with E-state index < -0.39 is 0 Å². The number of hydrogen-bond donors (Lipinski definition) is 0. The maximum absolute atomic E-state index is 3.48. The predicted molar refractivity (Wildman–Crippen MR) is 47.1 cm³/mol. The summed E-state index contributed by atoms with van der Waals surface area (Å²) in [4.78, 5) is 0. The van der Waals surface area contributed by atoms with Crippen LogP contribution in [0.2, 0.25) is 0 Å². The van der Waals surface area contributed by atoms with Crippen LogP contribution in [0.4, 0.5) is 0 Å². The summed E-state index contributed by atoms with van der Waals surface area (Å²) in [5.41, 5.74) is 0. The highest BCUT2D eigenvalue weighted by Crippen LogP contribution is 2.06. The molecule has 9 heavy (non-hydrogen) atoms. The fraction of sp³-hybridized carbons (Fsp3) is 1.00. The molecule has 0 amide bonds. The van der Waals surface area contributed by atoms with Gasteiger partial charge in [0.25, 0.3) is 0 Å². The number of halogens is 2. The minimum Gasteiger partial charge on any atom is -1.00 e. The van der Waals surface area contributed by atoms with Crippen molar-refractivity contribution in [3.63, 3.8) is 0 Å². The first-order valence-electron chi connectivity index (χ1n) is 2.84. The molecule has 0 saturated heterocycles. The van der Waals surface area contributed by atoms with Crippen LogP contribution in [0.25, 0.3) is 0 Å². The fourth-order valence-electron chi connectivity index (χ4n) is 0.568. The van der Waals surface area contributed by atoms with Crippen molar-refractivity contribution in [2.75, 3.05) is 17.8 Å². The standard InChI is InChI=1S/C6H14BrS.BrH/c1-4-6(5-7)8(2)3;/h6H,4-5H2,1-3H3;1H/q+1;/p-1. The van der Waals surface area contributed by atoms with Gasteiger partial charge in [-0.25, -0.2) is 0 Å². The predicted octanol–water partition coefficient (Wildman–Crippen LogP) is -0.958. The minimum absolute atomic E-state index is 0. The van der Waals surface area contributed by atoms with Crippen molar-refractivity contribution in [1.29, 1.82) is 0 Å². The maximum Gasteiger partial charge on any atom is 0.127 e. The Morgan fingerprint density at radius 1 is 1.44 bits per heavy atom. The van der Waals surface area contributed by atoms with Crippen LogP contribution in [0.1, 0.15) is 13.3 Å². The van der Waals surface area contributed by atoms with E-state index in [2.05, 4.69) is 35.4 Å². The summed E-state index contributed by atoms with van der Waals surface area (Å²) in [6.07, 6.45) is 5.91. The van der Waals surface area contributed by atoms with Gasteiger partial charge in [0.05, 0.1) is 17.8 Å². The molecule has 0 aliphatic heterocycles. The molecule has 3 heteroatoms. The lowest BCUT2D eigenvalue weighted by molar-refractivity contribution is -0.00000178. The van der Waals surface area contributed by atoms with Crippen molar-refractivity contribution in [3.8, 4) is 0 Å². The van der Waals surface area contributed by atoms with Crippen LogP contribution in [-0.2, 0) is 10.9 Å². The molecular formula is C6H14Br2S. The van der Waals surface area contributed by atoms with E-state index in [-0.39, 0.29) is 17.0 Å². The topological polar surface area (TPSA) is 0 Å². The van der Waals surface area contributed by atoms with Gasteiger partial charge in [-0.1, -0.05) is 22.9 Å². The van der Waals surface area contributed by atoms with Gasteiger partial charge in [-0.3, -0.25) is 0 Å². The molecule has 0 fully saturated rings. The highest BCUT2D eigenvalue weighted by atomic mass is 79.9. The summed E-state index contributed by atoms with van der Waals surface area (Å²) in [7, 11) is 0.600. The molecule has 0 aromatic heterocycles. The Kier molecular flexibility index (Phi) is 10.7. The van der Waals surface area contributed by atoms with Crippen molar-refractivity contribution >= 4 is 26.8 Å². The second kappa shape index (κ2) is 7.42. The molecule has 0 aromatic rings. The van der Waals surface area contributed by atoms with Gasteiger partial charge >= 0.3 is 0 Å². The van der Waals surface area contributed by atoms with E-state index in [0.29, 0.717) is 10.9 Å². The molecule has 1 atom stereocenters. The Morgan fingerprint density at radius 3 is 1.89 bits per heavy atom. The monoisotopic (exact) mass is 276 g/mol. The molecule has 0 saturated carbocycles. The first-order valence-corrected chi connectivity index (χ1v) is 6.07. The minimum atomic E-state index is 0. The van der Waals surface area contributed by atoms with Crippen molar-refractivity contribution in [2.24, 2.45) is 0 Å². The van der Waals surface area contributed by atoms with Gasteiger partial charge < -0.3 is 17.0 Å². The van der Waals surface area contributed by atoms with Gasteiger partial charge in [-0.15, -0.1) is 0 Å². The van der Waals surface area contributed by atoms with E-state index in [4.69, 9.17) is 0 Å². The highest BCUT2D eigenvalue weighted by Gasteiger charge is 2.16. The van der Waals surface area contributed by atoms with Crippen LogP contribution in [0, 0.1) is 0 Å². The Morgan fingerprint density at radius 2 is 1.89 bits per heavy atom. The zero-order chi connectivity index (χ0) is 6.57. The average Bonchev–Trinajstić information content (AvgIpc) is 1.69. The molecule has 0 aliphatic carbocycles. The summed E-state index contributed by atoms with van der Waals surface area (Å²) >= 11 is 3.48. The van der Waals surface area contributed by atoms with Crippen LogP contribution < -0.4 is 17.0 Å². The van der Waals surface area contributed by atoms with E-state index in [1.54, 1.807) is 0 Å². The molecule has 0 heterocycles. The zero-order valence-corrected chi connectivity index (χ0v) is 10.1. The second-order valence-electron chi connectivity index (χ2n) is 2.06. The van der Waals surface area contributed by atoms with Gasteiger partial charge in [0.1, 0.15) is 5.25 Å². The summed E-state index contributed by atoms with van der Waals surface area (Å²) in [6, 6.07) is 0. The van der Waals surface area contributed by atoms with E-state index in [0.717, 1.165) is 5.25 Å². The van der Waals surface area contributed by atoms with Crippen molar-refractivity contribution in [3.05, 3.63) is 0 Å². The Hall–Kier alpha value is 1.31. The molecule has 0 nitrogen and oxygen atoms in total. The lowest BCUT2D eigenvalue weighted by atomic mass is 10.4. The third kappa shape index (κ3) is 5.74. The molecular weight excluding hydrogens is 264 g/mol. The molecule has 0 bridgehead atoms. The summed E-state index contributed by atoms with van der Waals surface area (Å²) < 4.78 is 0. The van der Waals surface area contributed by atoms with Crippen LogP contribution >= 0.6 is 15.9 Å². The molecule has 1 unspecified atom stereocenters. The first-order chi connectivity index (χ1) is 3.72. The van der Waals surface area contributed by atoms with Crippen molar-refractivity contribution in [1.82, 2.24) is 0 Å². The Bertz CT molecular complexity index is 53.0. The van der Waals surface area contributed by atoms with E-state index in [1.807, 2.05) is 0 Å². The van der Waals surface area contributed by atoms with Gasteiger partial charge in [0, 0.05) is 0 Å². The SMILES string of the molecule is CCC(CBr)[S+](C)C.[Br-]. The fourth-order valence-corrected chi connectivity index (χ4v) is 3.53. The molecule has 58 valence electrons. The van der Waals surface area contributed by atoms with Crippen LogP contribution in [0.5, 0.6) is 0 Å². The van der Waals surface area contributed by atoms with Gasteiger partial charge in [-0.2, -0.15) is 0 Å². The Balaban J connectivity index is 0. The number of alkyl halides is 1. The molecule has 0 rings (SSSR count). The van der Waals surface area contributed by atoms with E-state index >= 15 is 0 Å². The first kappa shape index (κ1) is 12.9. The quantitative estimate of drug-likeness (QED) is 0.461.